The van der Waals surface area contributed by atoms with E-state index in [0.29, 0.717) is 17.5 Å². The van der Waals surface area contributed by atoms with Gasteiger partial charge in [-0.2, -0.15) is 0 Å². The first kappa shape index (κ1) is 27.6. The lowest BCUT2D eigenvalue weighted by Crippen LogP contribution is -2.29. The second kappa shape index (κ2) is 10.8. The smallest absolute Gasteiger partial charge is 0.164 e. The zero-order valence-electron chi connectivity index (χ0n) is 26.6. The highest BCUT2D eigenvalue weighted by Crippen LogP contribution is 2.61. The molecule has 0 bridgehead atoms. The second-order valence-electron chi connectivity index (χ2n) is 12.7. The van der Waals surface area contributed by atoms with Crippen molar-refractivity contribution >= 4 is 0 Å². The Morgan fingerprint density at radius 2 is 0.612 bits per heavy atom. The maximum absolute atomic E-state index is 5.14. The van der Waals surface area contributed by atoms with E-state index in [1.54, 1.807) is 0 Å². The molecule has 3 nitrogen and oxygen atoms in total. The summed E-state index contributed by atoms with van der Waals surface area (Å²) in [4.78, 5) is 15.3. The standard InChI is InChI=1S/C46H29N3/c1-3-15-30(16-4-1)43-47-44(31-17-5-2-6-18-31)49-45(48-43)32-27-28-38-34-20-8-7-19-33(34)35-21-9-12-24-39(35)46(42(38)29-32)40-25-13-10-22-36(40)37-23-11-14-26-41(37)46/h1-29H. The lowest BCUT2D eigenvalue weighted by Gasteiger charge is -2.35. The quantitative estimate of drug-likeness (QED) is 0.197. The molecule has 2 aliphatic carbocycles. The van der Waals surface area contributed by atoms with E-state index < -0.39 is 5.41 Å². The fourth-order valence-electron chi connectivity index (χ4n) is 8.12. The van der Waals surface area contributed by atoms with Gasteiger partial charge in [0, 0.05) is 16.7 Å². The summed E-state index contributed by atoms with van der Waals surface area (Å²) >= 11 is 0. The van der Waals surface area contributed by atoms with Gasteiger partial charge in [-0.3, -0.25) is 0 Å². The molecule has 0 atom stereocenters. The minimum absolute atomic E-state index is 0.564. The summed E-state index contributed by atoms with van der Waals surface area (Å²) in [5.41, 5.74) is 14.9. The van der Waals surface area contributed by atoms with Crippen LogP contribution in [0.15, 0.2) is 176 Å². The third kappa shape index (κ3) is 4.06. The van der Waals surface area contributed by atoms with E-state index in [2.05, 4.69) is 140 Å². The molecule has 2 aliphatic rings. The maximum Gasteiger partial charge on any atom is 0.164 e. The van der Waals surface area contributed by atoms with Gasteiger partial charge in [0.2, 0.25) is 0 Å². The zero-order chi connectivity index (χ0) is 32.4. The maximum atomic E-state index is 5.14. The Balaban J connectivity index is 1.32. The summed E-state index contributed by atoms with van der Waals surface area (Å²) in [6, 6.07) is 62.9. The van der Waals surface area contributed by atoms with E-state index in [4.69, 9.17) is 15.0 Å². The van der Waals surface area contributed by atoms with E-state index >= 15 is 0 Å². The Labute approximate surface area is 285 Å². The molecule has 0 radical (unpaired) electrons. The molecule has 0 saturated carbocycles. The van der Waals surface area contributed by atoms with Crippen molar-refractivity contribution in [2.75, 3.05) is 0 Å². The van der Waals surface area contributed by atoms with Crippen LogP contribution in [0.5, 0.6) is 0 Å². The molecule has 0 unspecified atom stereocenters. The zero-order valence-corrected chi connectivity index (χ0v) is 26.6. The minimum Gasteiger partial charge on any atom is -0.208 e. The highest BCUT2D eigenvalue weighted by molar-refractivity contribution is 5.97. The van der Waals surface area contributed by atoms with Crippen LogP contribution in [-0.4, -0.2) is 15.0 Å². The van der Waals surface area contributed by atoms with Crippen molar-refractivity contribution in [2.45, 2.75) is 5.41 Å². The van der Waals surface area contributed by atoms with Crippen molar-refractivity contribution in [2.24, 2.45) is 0 Å². The van der Waals surface area contributed by atoms with E-state index in [-0.39, 0.29) is 0 Å². The van der Waals surface area contributed by atoms with E-state index in [1.165, 1.54) is 55.6 Å². The summed E-state index contributed by atoms with van der Waals surface area (Å²) in [6.07, 6.45) is 0. The van der Waals surface area contributed by atoms with Crippen molar-refractivity contribution in [1.29, 1.82) is 0 Å². The lowest BCUT2D eigenvalue weighted by atomic mass is 9.65. The Kier molecular flexibility index (Phi) is 6.09. The van der Waals surface area contributed by atoms with Crippen LogP contribution < -0.4 is 0 Å². The molecule has 10 rings (SSSR count). The van der Waals surface area contributed by atoms with Crippen molar-refractivity contribution in [1.82, 2.24) is 15.0 Å². The number of nitrogens with zero attached hydrogens (tertiary/aromatic N) is 3. The van der Waals surface area contributed by atoms with Gasteiger partial charge in [0.05, 0.1) is 5.41 Å². The van der Waals surface area contributed by atoms with Crippen LogP contribution in [0.1, 0.15) is 22.3 Å². The molecule has 3 heteroatoms. The van der Waals surface area contributed by atoms with Gasteiger partial charge in [0.15, 0.2) is 17.5 Å². The number of hydrogen-bond donors (Lipinski definition) is 0. The summed E-state index contributed by atoms with van der Waals surface area (Å²) in [7, 11) is 0. The molecule has 0 amide bonds. The van der Waals surface area contributed by atoms with Gasteiger partial charge in [0.25, 0.3) is 0 Å². The van der Waals surface area contributed by atoms with Gasteiger partial charge in [0.1, 0.15) is 0 Å². The number of hydrogen-bond acceptors (Lipinski definition) is 3. The van der Waals surface area contributed by atoms with E-state index in [1.807, 2.05) is 36.4 Å². The molecule has 228 valence electrons. The SMILES string of the molecule is c1ccc(-c2nc(-c3ccccc3)nc(-c3ccc4c(c3)C3(c5ccccc5-c5ccccc5-4)c4ccccc4-c4ccccc43)n2)cc1. The van der Waals surface area contributed by atoms with Gasteiger partial charge in [-0.15, -0.1) is 0 Å². The molecular weight excluding hydrogens is 595 g/mol. The predicted molar refractivity (Wildman–Crippen MR) is 198 cm³/mol. The number of aromatic nitrogens is 3. The molecule has 0 aliphatic heterocycles. The van der Waals surface area contributed by atoms with Crippen molar-refractivity contribution in [3.05, 3.63) is 198 Å². The molecule has 8 aromatic rings. The molecule has 0 N–H and O–H groups in total. The molecule has 1 spiro atoms. The molecule has 0 saturated heterocycles. The van der Waals surface area contributed by atoms with Crippen LogP contribution in [0.4, 0.5) is 0 Å². The number of fused-ring (bicyclic) bond motifs is 12. The first-order valence-corrected chi connectivity index (χ1v) is 16.7. The van der Waals surface area contributed by atoms with Crippen LogP contribution in [0.25, 0.3) is 67.5 Å². The monoisotopic (exact) mass is 623 g/mol. The van der Waals surface area contributed by atoms with Gasteiger partial charge >= 0.3 is 0 Å². The highest BCUT2D eigenvalue weighted by atomic mass is 15.0. The molecular formula is C46H29N3. The average Bonchev–Trinajstić information content (AvgIpc) is 3.43. The van der Waals surface area contributed by atoms with Crippen LogP contribution in [0.3, 0.4) is 0 Å². The summed E-state index contributed by atoms with van der Waals surface area (Å²) in [5, 5.41) is 0. The predicted octanol–water partition coefficient (Wildman–Crippen LogP) is 10.9. The average molecular weight is 624 g/mol. The number of rotatable bonds is 3. The van der Waals surface area contributed by atoms with Crippen molar-refractivity contribution in [3.8, 4) is 67.5 Å². The minimum atomic E-state index is -0.564. The van der Waals surface area contributed by atoms with Crippen LogP contribution in [-0.2, 0) is 5.41 Å². The van der Waals surface area contributed by atoms with Gasteiger partial charge < -0.3 is 0 Å². The molecule has 0 fully saturated rings. The molecule has 7 aromatic carbocycles. The molecule has 1 aromatic heterocycles. The van der Waals surface area contributed by atoms with Crippen LogP contribution >= 0.6 is 0 Å². The third-order valence-electron chi connectivity index (χ3n) is 10.2. The first-order valence-electron chi connectivity index (χ1n) is 16.7. The lowest BCUT2D eigenvalue weighted by molar-refractivity contribution is 0.775. The molecule has 1 heterocycles. The Hall–Kier alpha value is -6.45. The Morgan fingerprint density at radius 1 is 0.265 bits per heavy atom. The summed E-state index contributed by atoms with van der Waals surface area (Å²) in [5.74, 6) is 1.96. The first-order chi connectivity index (χ1) is 24.3. The van der Waals surface area contributed by atoms with Gasteiger partial charge in [-0.25, -0.2) is 15.0 Å². The fourth-order valence-corrected chi connectivity index (χ4v) is 8.12. The third-order valence-corrected chi connectivity index (χ3v) is 10.2. The molecule has 49 heavy (non-hydrogen) atoms. The van der Waals surface area contributed by atoms with E-state index in [9.17, 15) is 0 Å². The van der Waals surface area contributed by atoms with Gasteiger partial charge in [-0.05, 0) is 61.7 Å². The second-order valence-corrected chi connectivity index (χ2v) is 12.7. The van der Waals surface area contributed by atoms with Gasteiger partial charge in [-0.1, -0.05) is 170 Å². The fraction of sp³-hybridized carbons (Fsp3) is 0.0217. The topological polar surface area (TPSA) is 38.7 Å². The van der Waals surface area contributed by atoms with Crippen molar-refractivity contribution in [3.63, 3.8) is 0 Å². The van der Waals surface area contributed by atoms with Crippen LogP contribution in [0, 0.1) is 0 Å². The van der Waals surface area contributed by atoms with Crippen molar-refractivity contribution < 1.29 is 0 Å². The Bertz CT molecular complexity index is 2450. The number of benzene rings is 7. The normalized spacial score (nSPS) is 13.1. The highest BCUT2D eigenvalue weighted by Gasteiger charge is 2.49. The van der Waals surface area contributed by atoms with E-state index in [0.717, 1.165) is 16.7 Å². The largest absolute Gasteiger partial charge is 0.208 e. The summed E-state index contributed by atoms with van der Waals surface area (Å²) < 4.78 is 0. The van der Waals surface area contributed by atoms with Crippen LogP contribution in [0.2, 0.25) is 0 Å². The summed E-state index contributed by atoms with van der Waals surface area (Å²) in [6.45, 7) is 0. The Morgan fingerprint density at radius 3 is 1.08 bits per heavy atom.